The van der Waals surface area contributed by atoms with Crippen molar-refractivity contribution in [3.63, 3.8) is 0 Å². The van der Waals surface area contributed by atoms with Crippen molar-refractivity contribution in [1.82, 2.24) is 14.8 Å². The Morgan fingerprint density at radius 3 is 2.45 bits per heavy atom. The largest absolute Gasteiger partial charge is 0.489 e. The first-order valence-corrected chi connectivity index (χ1v) is 11.8. The van der Waals surface area contributed by atoms with E-state index in [1.165, 1.54) is 24.3 Å². The molecule has 172 valence electrons. The lowest BCUT2D eigenvalue weighted by Gasteiger charge is -2.33. The lowest BCUT2D eigenvalue weighted by atomic mass is 10.2. The molecule has 2 heterocycles. The van der Waals surface area contributed by atoms with Gasteiger partial charge in [0.05, 0.1) is 10.0 Å². The van der Waals surface area contributed by atoms with Crippen LogP contribution < -0.4 is 4.74 Å². The number of thiazole rings is 1. The molecule has 1 aromatic heterocycles. The van der Waals surface area contributed by atoms with Crippen molar-refractivity contribution in [2.75, 3.05) is 26.2 Å². The van der Waals surface area contributed by atoms with Gasteiger partial charge in [0.15, 0.2) is 0 Å². The van der Waals surface area contributed by atoms with Crippen LogP contribution in [0.15, 0.2) is 41.8 Å². The van der Waals surface area contributed by atoms with Crippen LogP contribution in [0.25, 0.3) is 10.6 Å². The lowest BCUT2D eigenvalue weighted by Crippen LogP contribution is -2.50. The number of carbonyl (C=O) groups excluding carboxylic acids is 2. The standard InChI is InChI=1S/C23H20Cl2FN3O3S/c1-14(30)28-6-8-29(9-7-28)23(31)21-13-33-22(27-21)17-4-3-16(11-20(17)26)32-12-15-2-5-18(24)19(25)10-15/h2-5,10-11,13H,6-9,12H2,1H3. The van der Waals surface area contributed by atoms with Gasteiger partial charge in [-0.05, 0) is 29.8 Å². The Balaban J connectivity index is 1.41. The van der Waals surface area contributed by atoms with E-state index in [4.69, 9.17) is 27.9 Å². The van der Waals surface area contributed by atoms with E-state index < -0.39 is 5.82 Å². The van der Waals surface area contributed by atoms with Crippen molar-refractivity contribution >= 4 is 46.4 Å². The minimum atomic E-state index is -0.495. The van der Waals surface area contributed by atoms with Gasteiger partial charge in [-0.1, -0.05) is 29.3 Å². The number of hydrogen-bond donors (Lipinski definition) is 0. The summed E-state index contributed by atoms with van der Waals surface area (Å²) in [5.41, 5.74) is 1.37. The Hall–Kier alpha value is -2.68. The zero-order valence-corrected chi connectivity index (χ0v) is 20.0. The second-order valence-corrected chi connectivity index (χ2v) is 9.19. The zero-order valence-electron chi connectivity index (χ0n) is 17.7. The van der Waals surface area contributed by atoms with E-state index in [0.29, 0.717) is 52.5 Å². The maximum Gasteiger partial charge on any atom is 0.273 e. The number of amides is 2. The van der Waals surface area contributed by atoms with Gasteiger partial charge in [0.2, 0.25) is 5.91 Å². The molecular formula is C23H20Cl2FN3O3S. The second-order valence-electron chi connectivity index (χ2n) is 7.51. The number of rotatable bonds is 5. The Morgan fingerprint density at radius 1 is 1.06 bits per heavy atom. The summed E-state index contributed by atoms with van der Waals surface area (Å²) in [7, 11) is 0. The first-order chi connectivity index (χ1) is 15.8. The van der Waals surface area contributed by atoms with Gasteiger partial charge < -0.3 is 14.5 Å². The molecule has 0 bridgehead atoms. The van der Waals surface area contributed by atoms with Crippen LogP contribution in [0.4, 0.5) is 4.39 Å². The van der Waals surface area contributed by atoms with Gasteiger partial charge in [0.1, 0.15) is 28.9 Å². The molecule has 0 atom stereocenters. The Labute approximate surface area is 204 Å². The molecule has 0 N–H and O–H groups in total. The van der Waals surface area contributed by atoms with Crippen molar-refractivity contribution in [3.05, 3.63) is 68.9 Å². The molecule has 0 radical (unpaired) electrons. The number of aromatic nitrogens is 1. The topological polar surface area (TPSA) is 62.7 Å². The molecule has 0 spiro atoms. The average molecular weight is 508 g/mol. The molecule has 1 aliphatic heterocycles. The summed E-state index contributed by atoms with van der Waals surface area (Å²) >= 11 is 13.1. The van der Waals surface area contributed by atoms with Gasteiger partial charge in [-0.3, -0.25) is 9.59 Å². The van der Waals surface area contributed by atoms with Gasteiger partial charge in [0, 0.05) is 50.1 Å². The van der Waals surface area contributed by atoms with E-state index in [0.717, 1.165) is 5.56 Å². The quantitative estimate of drug-likeness (QED) is 0.479. The third kappa shape index (κ3) is 5.46. The summed E-state index contributed by atoms with van der Waals surface area (Å²) in [6, 6.07) is 9.68. The van der Waals surface area contributed by atoms with Crippen LogP contribution >= 0.6 is 34.5 Å². The minimum absolute atomic E-state index is 0.00194. The molecule has 1 aliphatic rings. The predicted octanol–water partition coefficient (Wildman–Crippen LogP) is 5.14. The number of halogens is 3. The lowest BCUT2D eigenvalue weighted by molar-refractivity contribution is -0.130. The highest BCUT2D eigenvalue weighted by molar-refractivity contribution is 7.13. The van der Waals surface area contributed by atoms with Gasteiger partial charge in [-0.25, -0.2) is 9.37 Å². The molecule has 4 rings (SSSR count). The van der Waals surface area contributed by atoms with Gasteiger partial charge in [0.25, 0.3) is 5.91 Å². The van der Waals surface area contributed by atoms with Crippen LogP contribution in [0.2, 0.25) is 10.0 Å². The fourth-order valence-corrected chi connectivity index (χ4v) is 4.58. The van der Waals surface area contributed by atoms with Gasteiger partial charge in [-0.2, -0.15) is 0 Å². The summed E-state index contributed by atoms with van der Waals surface area (Å²) < 4.78 is 20.4. The molecule has 6 nitrogen and oxygen atoms in total. The van der Waals surface area contributed by atoms with Crippen LogP contribution in [0.3, 0.4) is 0 Å². The highest BCUT2D eigenvalue weighted by atomic mass is 35.5. The van der Waals surface area contributed by atoms with Crippen LogP contribution in [0.1, 0.15) is 23.0 Å². The van der Waals surface area contributed by atoms with Crippen molar-refractivity contribution in [2.45, 2.75) is 13.5 Å². The number of carbonyl (C=O) groups is 2. The fourth-order valence-electron chi connectivity index (χ4n) is 3.44. The summed E-state index contributed by atoms with van der Waals surface area (Å²) in [5.74, 6) is -0.357. The molecule has 0 saturated carbocycles. The van der Waals surface area contributed by atoms with Gasteiger partial charge >= 0.3 is 0 Å². The first-order valence-electron chi connectivity index (χ1n) is 10.2. The Kier molecular flexibility index (Phi) is 7.17. The van der Waals surface area contributed by atoms with E-state index >= 15 is 0 Å². The van der Waals surface area contributed by atoms with E-state index in [2.05, 4.69) is 4.98 Å². The molecule has 33 heavy (non-hydrogen) atoms. The molecular weight excluding hydrogens is 488 g/mol. The van der Waals surface area contributed by atoms with Crippen LogP contribution in [-0.2, 0) is 11.4 Å². The first kappa shape index (κ1) is 23.5. The molecule has 2 amide bonds. The molecule has 3 aromatic rings. The molecule has 1 saturated heterocycles. The monoisotopic (exact) mass is 507 g/mol. The third-order valence-electron chi connectivity index (χ3n) is 5.30. The minimum Gasteiger partial charge on any atom is -0.489 e. The SMILES string of the molecule is CC(=O)N1CCN(C(=O)c2csc(-c3ccc(OCc4ccc(Cl)c(Cl)c4)cc3F)n2)CC1. The smallest absolute Gasteiger partial charge is 0.273 e. The summed E-state index contributed by atoms with van der Waals surface area (Å²) in [6.45, 7) is 3.62. The number of hydrogen-bond acceptors (Lipinski definition) is 5. The van der Waals surface area contributed by atoms with E-state index in [-0.39, 0.29) is 24.1 Å². The number of ether oxygens (including phenoxy) is 1. The Morgan fingerprint density at radius 2 is 1.79 bits per heavy atom. The van der Waals surface area contributed by atoms with Crippen molar-refractivity contribution in [2.24, 2.45) is 0 Å². The van der Waals surface area contributed by atoms with Crippen LogP contribution in [-0.4, -0.2) is 52.8 Å². The molecule has 1 fully saturated rings. The average Bonchev–Trinajstić information content (AvgIpc) is 3.29. The molecule has 10 heteroatoms. The summed E-state index contributed by atoms with van der Waals surface area (Å²) in [5, 5.41) is 2.92. The number of benzene rings is 2. The Bertz CT molecular complexity index is 1200. The number of nitrogens with zero attached hydrogens (tertiary/aromatic N) is 3. The van der Waals surface area contributed by atoms with Crippen LogP contribution in [0.5, 0.6) is 5.75 Å². The van der Waals surface area contributed by atoms with Gasteiger partial charge in [-0.15, -0.1) is 11.3 Å². The molecule has 0 unspecified atom stereocenters. The van der Waals surface area contributed by atoms with Crippen LogP contribution in [0, 0.1) is 5.82 Å². The number of piperazine rings is 1. The second kappa shape index (κ2) is 10.1. The summed E-state index contributed by atoms with van der Waals surface area (Å²) in [6.07, 6.45) is 0. The predicted molar refractivity (Wildman–Crippen MR) is 126 cm³/mol. The highest BCUT2D eigenvalue weighted by Crippen LogP contribution is 2.30. The van der Waals surface area contributed by atoms with E-state index in [1.807, 2.05) is 0 Å². The fraction of sp³-hybridized carbons (Fsp3) is 0.261. The van der Waals surface area contributed by atoms with E-state index in [9.17, 15) is 14.0 Å². The van der Waals surface area contributed by atoms with Crippen molar-refractivity contribution in [3.8, 4) is 16.3 Å². The maximum absolute atomic E-state index is 14.8. The summed E-state index contributed by atoms with van der Waals surface area (Å²) in [4.78, 5) is 31.9. The third-order valence-corrected chi connectivity index (χ3v) is 6.91. The zero-order chi connectivity index (χ0) is 23.5. The van der Waals surface area contributed by atoms with E-state index in [1.54, 1.807) is 45.5 Å². The van der Waals surface area contributed by atoms with Crippen molar-refractivity contribution in [1.29, 1.82) is 0 Å². The maximum atomic E-state index is 14.8. The molecule has 0 aliphatic carbocycles. The van der Waals surface area contributed by atoms with Crippen molar-refractivity contribution < 1.29 is 18.7 Å². The molecule has 2 aromatic carbocycles. The highest BCUT2D eigenvalue weighted by Gasteiger charge is 2.25. The normalized spacial score (nSPS) is 13.8.